The van der Waals surface area contributed by atoms with E-state index in [2.05, 4.69) is 89.7 Å². The highest BCUT2D eigenvalue weighted by Crippen LogP contribution is 2.31. The van der Waals surface area contributed by atoms with E-state index in [4.69, 9.17) is 0 Å². The Balaban J connectivity index is 2.04. The Labute approximate surface area is 139 Å². The van der Waals surface area contributed by atoms with Crippen molar-refractivity contribution in [2.24, 2.45) is 0 Å². The van der Waals surface area contributed by atoms with E-state index in [1.807, 2.05) is 18.2 Å². The number of rotatable bonds is 2. The van der Waals surface area contributed by atoms with Crippen molar-refractivity contribution in [1.29, 1.82) is 0 Å². The predicted octanol–water partition coefficient (Wildman–Crippen LogP) is 5.86. The molecule has 21 heavy (non-hydrogen) atoms. The first-order valence-electron chi connectivity index (χ1n) is 6.85. The summed E-state index contributed by atoms with van der Waals surface area (Å²) in [6.45, 7) is 6.25. The standard InChI is InChI=1S/C19H16IN/c1-14-7-5-6-12-21(14)19(20)15(2)17-11-10-16-8-3-4-9-18(16)13-17/h3-13H,1H2,2H3/b19-15+. The van der Waals surface area contributed by atoms with E-state index in [1.165, 1.54) is 25.6 Å². The summed E-state index contributed by atoms with van der Waals surface area (Å²) in [6, 6.07) is 15.1. The van der Waals surface area contributed by atoms with Crippen LogP contribution in [0.1, 0.15) is 12.5 Å². The van der Waals surface area contributed by atoms with Gasteiger partial charge in [-0.25, -0.2) is 0 Å². The fourth-order valence-electron chi connectivity index (χ4n) is 2.39. The first-order chi connectivity index (χ1) is 10.2. The predicted molar refractivity (Wildman–Crippen MR) is 99.8 cm³/mol. The molecule has 0 N–H and O–H groups in total. The quantitative estimate of drug-likeness (QED) is 0.462. The van der Waals surface area contributed by atoms with Crippen molar-refractivity contribution in [2.45, 2.75) is 6.92 Å². The topological polar surface area (TPSA) is 3.24 Å². The molecule has 0 fully saturated rings. The zero-order valence-electron chi connectivity index (χ0n) is 11.9. The Morgan fingerprint density at radius 1 is 1.05 bits per heavy atom. The summed E-state index contributed by atoms with van der Waals surface area (Å²) in [4.78, 5) is 2.12. The van der Waals surface area contributed by atoms with Crippen LogP contribution >= 0.6 is 22.6 Å². The maximum atomic E-state index is 4.09. The smallest absolute Gasteiger partial charge is 0.0878 e. The lowest BCUT2D eigenvalue weighted by Crippen LogP contribution is -2.13. The van der Waals surface area contributed by atoms with Crippen molar-refractivity contribution >= 4 is 38.9 Å². The third kappa shape index (κ3) is 2.81. The van der Waals surface area contributed by atoms with E-state index in [9.17, 15) is 0 Å². The fraction of sp³-hybridized carbons (Fsp3) is 0.0526. The minimum absolute atomic E-state index is 0.988. The van der Waals surface area contributed by atoms with E-state index >= 15 is 0 Å². The molecule has 1 aliphatic heterocycles. The first kappa shape index (κ1) is 14.1. The van der Waals surface area contributed by atoms with Gasteiger partial charge in [0.25, 0.3) is 0 Å². The Bertz CT molecular complexity index is 796. The largest absolute Gasteiger partial charge is 0.312 e. The van der Waals surface area contributed by atoms with Gasteiger partial charge in [0.1, 0.15) is 0 Å². The summed E-state index contributed by atoms with van der Waals surface area (Å²) in [7, 11) is 0. The molecule has 1 nitrogen and oxygen atoms in total. The van der Waals surface area contributed by atoms with E-state index in [0.717, 1.165) is 5.70 Å². The lowest BCUT2D eigenvalue weighted by atomic mass is 10.0. The number of allylic oxidation sites excluding steroid dienone is 4. The number of nitrogens with zero attached hydrogens (tertiary/aromatic N) is 1. The second-order valence-electron chi connectivity index (χ2n) is 5.04. The van der Waals surface area contributed by atoms with Crippen LogP contribution in [0.5, 0.6) is 0 Å². The van der Waals surface area contributed by atoms with Gasteiger partial charge in [0.15, 0.2) is 0 Å². The van der Waals surface area contributed by atoms with Crippen LogP contribution in [-0.4, -0.2) is 4.90 Å². The molecule has 0 amide bonds. The molecule has 0 atom stereocenters. The fourth-order valence-corrected chi connectivity index (χ4v) is 3.17. The summed E-state index contributed by atoms with van der Waals surface area (Å²) in [6.07, 6.45) is 8.11. The number of halogens is 1. The van der Waals surface area contributed by atoms with Gasteiger partial charge in [-0.2, -0.15) is 0 Å². The molecule has 0 bridgehead atoms. The summed E-state index contributed by atoms with van der Waals surface area (Å²) in [5, 5.41) is 2.54. The van der Waals surface area contributed by atoms with Crippen molar-refractivity contribution in [3.63, 3.8) is 0 Å². The Kier molecular flexibility index (Phi) is 3.97. The number of hydrogen-bond donors (Lipinski definition) is 0. The summed E-state index contributed by atoms with van der Waals surface area (Å²) < 4.78 is 1.17. The molecule has 3 rings (SSSR count). The minimum atomic E-state index is 0.988. The Morgan fingerprint density at radius 2 is 1.81 bits per heavy atom. The molecular formula is C19H16IN. The molecule has 2 aromatic carbocycles. The molecule has 0 aliphatic carbocycles. The van der Waals surface area contributed by atoms with Crippen LogP contribution in [0.4, 0.5) is 0 Å². The van der Waals surface area contributed by atoms with Crippen molar-refractivity contribution in [1.82, 2.24) is 4.90 Å². The van der Waals surface area contributed by atoms with Gasteiger partial charge in [0.2, 0.25) is 0 Å². The zero-order chi connectivity index (χ0) is 14.8. The van der Waals surface area contributed by atoms with Crippen LogP contribution < -0.4 is 0 Å². The molecule has 0 spiro atoms. The molecule has 0 aromatic heterocycles. The van der Waals surface area contributed by atoms with Crippen LogP contribution in [0.25, 0.3) is 16.3 Å². The Morgan fingerprint density at radius 3 is 2.57 bits per heavy atom. The van der Waals surface area contributed by atoms with Gasteiger partial charge in [-0.1, -0.05) is 49.1 Å². The molecule has 0 saturated carbocycles. The second-order valence-corrected chi connectivity index (χ2v) is 6.06. The highest BCUT2D eigenvalue weighted by molar-refractivity contribution is 14.1. The van der Waals surface area contributed by atoms with Gasteiger partial charge in [-0.05, 0) is 69.6 Å². The average Bonchev–Trinajstić information content (AvgIpc) is 2.53. The lowest BCUT2D eigenvalue weighted by molar-refractivity contribution is 0.643. The van der Waals surface area contributed by atoms with Gasteiger partial charge in [-0.15, -0.1) is 0 Å². The zero-order valence-corrected chi connectivity index (χ0v) is 14.0. The van der Waals surface area contributed by atoms with Crippen LogP contribution in [-0.2, 0) is 0 Å². The van der Waals surface area contributed by atoms with Crippen molar-refractivity contribution in [3.8, 4) is 0 Å². The lowest BCUT2D eigenvalue weighted by Gasteiger charge is -2.24. The molecule has 1 aliphatic rings. The van der Waals surface area contributed by atoms with Gasteiger partial charge >= 0.3 is 0 Å². The molecular weight excluding hydrogens is 369 g/mol. The van der Waals surface area contributed by atoms with E-state index in [0.29, 0.717) is 0 Å². The second kappa shape index (κ2) is 5.90. The normalized spacial score (nSPS) is 15.5. The Hall–Kier alpha value is -1.81. The monoisotopic (exact) mass is 385 g/mol. The van der Waals surface area contributed by atoms with Gasteiger partial charge in [0.05, 0.1) is 3.70 Å². The molecule has 0 saturated heterocycles. The van der Waals surface area contributed by atoms with Gasteiger partial charge in [-0.3, -0.25) is 0 Å². The highest BCUT2D eigenvalue weighted by Gasteiger charge is 2.12. The molecule has 0 radical (unpaired) electrons. The SMILES string of the molecule is C=C1C=CC=CN1/C(I)=C(\C)c1ccc2ccccc2c1. The third-order valence-electron chi connectivity index (χ3n) is 3.65. The summed E-state index contributed by atoms with van der Waals surface area (Å²) in [5.41, 5.74) is 3.48. The molecule has 0 unspecified atom stereocenters. The van der Waals surface area contributed by atoms with Crippen LogP contribution in [0.3, 0.4) is 0 Å². The van der Waals surface area contributed by atoms with Crippen LogP contribution in [0.15, 0.2) is 82.9 Å². The van der Waals surface area contributed by atoms with E-state index in [-0.39, 0.29) is 0 Å². The van der Waals surface area contributed by atoms with E-state index in [1.54, 1.807) is 0 Å². The van der Waals surface area contributed by atoms with Gasteiger partial charge < -0.3 is 4.90 Å². The van der Waals surface area contributed by atoms with Crippen LogP contribution in [0, 0.1) is 0 Å². The molecule has 104 valence electrons. The molecule has 1 heterocycles. The summed E-state index contributed by atoms with van der Waals surface area (Å²) in [5.74, 6) is 0. The van der Waals surface area contributed by atoms with Crippen molar-refractivity contribution in [3.05, 3.63) is 88.4 Å². The molecule has 2 heteroatoms. The first-order valence-corrected chi connectivity index (χ1v) is 7.93. The summed E-state index contributed by atoms with van der Waals surface area (Å²) >= 11 is 2.39. The van der Waals surface area contributed by atoms with Gasteiger partial charge in [0, 0.05) is 11.9 Å². The van der Waals surface area contributed by atoms with Crippen molar-refractivity contribution in [2.75, 3.05) is 0 Å². The highest BCUT2D eigenvalue weighted by atomic mass is 127. The van der Waals surface area contributed by atoms with E-state index < -0.39 is 0 Å². The number of benzene rings is 2. The average molecular weight is 385 g/mol. The minimum Gasteiger partial charge on any atom is -0.312 e. The maximum absolute atomic E-state index is 4.09. The van der Waals surface area contributed by atoms with Crippen molar-refractivity contribution < 1.29 is 0 Å². The number of hydrogen-bond acceptors (Lipinski definition) is 1. The molecule has 2 aromatic rings. The third-order valence-corrected chi connectivity index (χ3v) is 4.98. The maximum Gasteiger partial charge on any atom is 0.0878 e. The number of fused-ring (bicyclic) bond motifs is 1. The van der Waals surface area contributed by atoms with Crippen LogP contribution in [0.2, 0.25) is 0 Å².